The lowest BCUT2D eigenvalue weighted by molar-refractivity contribution is 0.626. The van der Waals surface area contributed by atoms with Gasteiger partial charge in [0.25, 0.3) is 5.56 Å². The Kier molecular flexibility index (Phi) is 4.34. The van der Waals surface area contributed by atoms with Gasteiger partial charge in [-0.15, -0.1) is 0 Å². The van der Waals surface area contributed by atoms with Gasteiger partial charge in [0.05, 0.1) is 5.69 Å². The first-order valence-electron chi connectivity index (χ1n) is 6.74. The minimum atomic E-state index is -0.375. The van der Waals surface area contributed by atoms with Gasteiger partial charge in [-0.1, -0.05) is 48.2 Å². The molecule has 3 aromatic rings. The molecule has 0 bridgehead atoms. The molecule has 0 saturated carbocycles. The number of benzene rings is 2. The van der Waals surface area contributed by atoms with Crippen molar-refractivity contribution in [2.75, 3.05) is 0 Å². The second kappa shape index (κ2) is 6.58. The monoisotopic (exact) mass is 312 g/mol. The molecule has 0 spiro atoms. The van der Waals surface area contributed by atoms with Crippen LogP contribution in [0.15, 0.2) is 76.8 Å². The van der Waals surface area contributed by atoms with E-state index in [0.29, 0.717) is 16.5 Å². The maximum atomic E-state index is 13.3. The van der Waals surface area contributed by atoms with Crippen molar-refractivity contribution in [3.8, 4) is 5.69 Å². The van der Waals surface area contributed by atoms with E-state index in [4.69, 9.17) is 0 Å². The van der Waals surface area contributed by atoms with Crippen LogP contribution in [0.3, 0.4) is 0 Å². The molecule has 3 rings (SSSR count). The summed E-state index contributed by atoms with van der Waals surface area (Å²) in [5, 5.41) is 0.399. The van der Waals surface area contributed by atoms with Gasteiger partial charge in [0.2, 0.25) is 0 Å². The van der Waals surface area contributed by atoms with Crippen LogP contribution in [-0.2, 0) is 5.75 Å². The first kappa shape index (κ1) is 14.5. The summed E-state index contributed by atoms with van der Waals surface area (Å²) < 4.78 is 14.7. The van der Waals surface area contributed by atoms with Crippen molar-refractivity contribution in [1.82, 2.24) is 9.55 Å². The predicted octanol–water partition coefficient (Wildman–Crippen LogP) is 3.66. The van der Waals surface area contributed by atoms with E-state index in [9.17, 15) is 9.18 Å². The molecule has 3 nitrogen and oxygen atoms in total. The fourth-order valence-corrected chi connectivity index (χ4v) is 2.90. The molecule has 0 unspecified atom stereocenters. The van der Waals surface area contributed by atoms with E-state index >= 15 is 0 Å². The topological polar surface area (TPSA) is 34.9 Å². The quantitative estimate of drug-likeness (QED) is 0.690. The third-order valence-corrected chi connectivity index (χ3v) is 4.15. The van der Waals surface area contributed by atoms with E-state index in [1.807, 2.05) is 30.3 Å². The van der Waals surface area contributed by atoms with Gasteiger partial charge in [0, 0.05) is 18.1 Å². The second-order valence-corrected chi connectivity index (χ2v) is 5.63. The van der Waals surface area contributed by atoms with Gasteiger partial charge >= 0.3 is 0 Å². The lowest BCUT2D eigenvalue weighted by Crippen LogP contribution is -2.20. The molecule has 0 aliphatic rings. The Labute approximate surface area is 131 Å². The van der Waals surface area contributed by atoms with Gasteiger partial charge in [-0.3, -0.25) is 9.36 Å². The minimum Gasteiger partial charge on any atom is -0.280 e. The lowest BCUT2D eigenvalue weighted by atomic mass is 10.2. The molecule has 110 valence electrons. The first-order chi connectivity index (χ1) is 10.7. The number of aromatic nitrogens is 2. The van der Waals surface area contributed by atoms with Crippen molar-refractivity contribution in [2.24, 2.45) is 0 Å². The third kappa shape index (κ3) is 3.26. The van der Waals surface area contributed by atoms with Gasteiger partial charge in [-0.05, 0) is 23.8 Å². The highest BCUT2D eigenvalue weighted by molar-refractivity contribution is 7.98. The summed E-state index contributed by atoms with van der Waals surface area (Å²) in [5.41, 5.74) is 1.37. The van der Waals surface area contributed by atoms with Gasteiger partial charge < -0.3 is 0 Å². The lowest BCUT2D eigenvalue weighted by Gasteiger charge is -2.07. The standard InChI is InChI=1S/C17H13FN2OS/c18-14-7-4-8-15(11-14)20-10-9-19-16(17(20)21)22-12-13-5-2-1-3-6-13/h1-11H,12H2. The fraction of sp³-hybridized carbons (Fsp3) is 0.0588. The summed E-state index contributed by atoms with van der Waals surface area (Å²) in [6.07, 6.45) is 3.10. The predicted molar refractivity (Wildman–Crippen MR) is 85.8 cm³/mol. The van der Waals surface area contributed by atoms with E-state index in [0.717, 1.165) is 5.56 Å². The Hall–Kier alpha value is -2.40. The summed E-state index contributed by atoms with van der Waals surface area (Å²) in [6.45, 7) is 0. The number of hydrogen-bond acceptors (Lipinski definition) is 3. The Bertz CT molecular complexity index is 833. The smallest absolute Gasteiger partial charge is 0.280 e. The Morgan fingerprint density at radius 3 is 2.68 bits per heavy atom. The van der Waals surface area contributed by atoms with Crippen molar-refractivity contribution in [3.05, 3.63) is 88.7 Å². The van der Waals surface area contributed by atoms with E-state index in [1.165, 1.54) is 28.5 Å². The number of thioether (sulfide) groups is 1. The van der Waals surface area contributed by atoms with Gasteiger partial charge in [-0.2, -0.15) is 0 Å². The number of rotatable bonds is 4. The minimum absolute atomic E-state index is 0.242. The zero-order valence-electron chi connectivity index (χ0n) is 11.6. The summed E-state index contributed by atoms with van der Waals surface area (Å²) >= 11 is 1.37. The molecule has 5 heteroatoms. The van der Waals surface area contributed by atoms with Crippen molar-refractivity contribution in [3.63, 3.8) is 0 Å². The van der Waals surface area contributed by atoms with Crippen molar-refractivity contribution < 1.29 is 4.39 Å². The molecule has 22 heavy (non-hydrogen) atoms. The van der Waals surface area contributed by atoms with Gasteiger partial charge in [0.15, 0.2) is 5.03 Å². The molecule has 0 fully saturated rings. The maximum absolute atomic E-state index is 13.3. The van der Waals surface area contributed by atoms with Crippen LogP contribution in [0.25, 0.3) is 5.69 Å². The van der Waals surface area contributed by atoms with E-state index < -0.39 is 0 Å². The molecule has 0 saturated heterocycles. The molecule has 0 radical (unpaired) electrons. The highest BCUT2D eigenvalue weighted by Crippen LogP contribution is 2.18. The largest absolute Gasteiger partial charge is 0.287 e. The van der Waals surface area contributed by atoms with Gasteiger partial charge in [0.1, 0.15) is 5.82 Å². The van der Waals surface area contributed by atoms with Crippen LogP contribution >= 0.6 is 11.8 Å². The SMILES string of the molecule is O=c1c(SCc2ccccc2)nccn1-c1cccc(F)c1. The average molecular weight is 312 g/mol. The highest BCUT2D eigenvalue weighted by Gasteiger charge is 2.08. The van der Waals surface area contributed by atoms with Crippen molar-refractivity contribution in [2.45, 2.75) is 10.8 Å². The van der Waals surface area contributed by atoms with E-state index in [2.05, 4.69) is 4.98 Å². The van der Waals surface area contributed by atoms with Gasteiger partial charge in [-0.25, -0.2) is 9.37 Å². The molecule has 2 aromatic carbocycles. The Morgan fingerprint density at radius 2 is 1.91 bits per heavy atom. The van der Waals surface area contributed by atoms with E-state index in [-0.39, 0.29) is 11.4 Å². The summed E-state index contributed by atoms with van der Waals surface area (Å²) in [7, 11) is 0. The number of halogens is 1. The molecular formula is C17H13FN2OS. The molecule has 1 aromatic heterocycles. The van der Waals surface area contributed by atoms with Crippen LogP contribution in [0.4, 0.5) is 4.39 Å². The number of hydrogen-bond donors (Lipinski definition) is 0. The molecule has 0 N–H and O–H groups in total. The molecule has 0 aliphatic carbocycles. The summed E-state index contributed by atoms with van der Waals surface area (Å²) in [4.78, 5) is 16.6. The van der Waals surface area contributed by atoms with Crippen LogP contribution in [-0.4, -0.2) is 9.55 Å². The fourth-order valence-electron chi connectivity index (χ4n) is 2.05. The molecule has 1 heterocycles. The van der Waals surface area contributed by atoms with Crippen LogP contribution in [0.1, 0.15) is 5.56 Å². The highest BCUT2D eigenvalue weighted by atomic mass is 32.2. The Morgan fingerprint density at radius 1 is 1.09 bits per heavy atom. The first-order valence-corrected chi connectivity index (χ1v) is 7.73. The number of nitrogens with zero attached hydrogens (tertiary/aromatic N) is 2. The Balaban J connectivity index is 1.88. The zero-order chi connectivity index (χ0) is 15.4. The third-order valence-electron chi connectivity index (χ3n) is 3.11. The molecule has 0 aliphatic heterocycles. The normalized spacial score (nSPS) is 10.6. The van der Waals surface area contributed by atoms with Crippen LogP contribution < -0.4 is 5.56 Å². The molecule has 0 atom stereocenters. The molecule has 0 amide bonds. The van der Waals surface area contributed by atoms with E-state index in [1.54, 1.807) is 24.5 Å². The van der Waals surface area contributed by atoms with Crippen LogP contribution in [0, 0.1) is 5.82 Å². The summed E-state index contributed by atoms with van der Waals surface area (Å²) in [5.74, 6) is 0.288. The molecular weight excluding hydrogens is 299 g/mol. The summed E-state index contributed by atoms with van der Waals surface area (Å²) in [6, 6.07) is 15.8. The van der Waals surface area contributed by atoms with Crippen molar-refractivity contribution >= 4 is 11.8 Å². The van der Waals surface area contributed by atoms with Crippen LogP contribution in [0.2, 0.25) is 0 Å². The van der Waals surface area contributed by atoms with Crippen molar-refractivity contribution in [1.29, 1.82) is 0 Å². The second-order valence-electron chi connectivity index (χ2n) is 4.66. The maximum Gasteiger partial charge on any atom is 0.287 e. The zero-order valence-corrected chi connectivity index (χ0v) is 12.5. The van der Waals surface area contributed by atoms with Crippen LogP contribution in [0.5, 0.6) is 0 Å². The average Bonchev–Trinajstić information content (AvgIpc) is 2.55.